The molecule has 2 N–H and O–H groups in total. The highest BCUT2D eigenvalue weighted by Gasteiger charge is 2.18. The smallest absolute Gasteiger partial charge is 0.272 e. The molecule has 0 heterocycles. The Kier molecular flexibility index (Phi) is 1.21. The Morgan fingerprint density at radius 3 is 2.40 bits per heavy atom. The maximum absolute atomic E-state index is 10.4. The van der Waals surface area contributed by atoms with Crippen LogP contribution >= 0.6 is 0 Å². The molecule has 5 nitrogen and oxygen atoms in total. The van der Waals surface area contributed by atoms with Gasteiger partial charge in [0.1, 0.15) is 0 Å². The van der Waals surface area contributed by atoms with Crippen molar-refractivity contribution in [2.24, 2.45) is 4.99 Å². The van der Waals surface area contributed by atoms with E-state index < -0.39 is 16.6 Å². The zero-order valence-corrected chi connectivity index (χ0v) is 4.71. The van der Waals surface area contributed by atoms with Gasteiger partial charge in [-0.1, -0.05) is 0 Å². The fourth-order valence-corrected chi connectivity index (χ4v) is 0.527. The van der Waals surface area contributed by atoms with Crippen LogP contribution in [0, 0.1) is 5.41 Å². The van der Waals surface area contributed by atoms with Crippen molar-refractivity contribution in [3.8, 4) is 5.75 Å². The maximum atomic E-state index is 10.4. The summed E-state index contributed by atoms with van der Waals surface area (Å²) in [4.78, 5) is 23.6. The lowest BCUT2D eigenvalue weighted by atomic mass is 10.2. The van der Waals surface area contributed by atoms with Crippen LogP contribution in [0.5, 0.6) is 5.75 Å². The van der Waals surface area contributed by atoms with Crippen molar-refractivity contribution in [1.29, 1.82) is 5.41 Å². The third-order valence-corrected chi connectivity index (χ3v) is 1.03. The van der Waals surface area contributed by atoms with Gasteiger partial charge in [-0.15, -0.1) is 0 Å². The third-order valence-electron chi connectivity index (χ3n) is 1.03. The first-order valence-corrected chi connectivity index (χ1v) is 2.33. The van der Waals surface area contributed by atoms with Gasteiger partial charge in [0.25, 0.3) is 10.9 Å². The number of rotatable bonds is 1. The second-order valence-corrected chi connectivity index (χ2v) is 1.58. The van der Waals surface area contributed by atoms with Gasteiger partial charge in [0.15, 0.2) is 11.4 Å². The van der Waals surface area contributed by atoms with Crippen molar-refractivity contribution in [3.63, 3.8) is 0 Å². The first-order valence-electron chi connectivity index (χ1n) is 2.33. The van der Waals surface area contributed by atoms with Crippen LogP contribution in [0.25, 0.3) is 0 Å². The molecule has 10 heavy (non-hydrogen) atoms. The van der Waals surface area contributed by atoms with Crippen molar-refractivity contribution in [1.82, 2.24) is 0 Å². The zero-order valence-electron chi connectivity index (χ0n) is 4.71. The van der Waals surface area contributed by atoms with Crippen LogP contribution in [0.15, 0.2) is 14.6 Å². The second-order valence-electron chi connectivity index (χ2n) is 1.58. The summed E-state index contributed by atoms with van der Waals surface area (Å²) in [7, 11) is 0. The average Bonchev–Trinajstić information content (AvgIpc) is 1.98. The lowest BCUT2D eigenvalue weighted by Gasteiger charge is -1.93. The minimum absolute atomic E-state index is 0.375. The van der Waals surface area contributed by atoms with E-state index in [-0.39, 0.29) is 5.69 Å². The van der Waals surface area contributed by atoms with Gasteiger partial charge in [0.05, 0.1) is 6.01 Å². The fraction of sp³-hybridized carbons (Fsp3) is 0. The summed E-state index contributed by atoms with van der Waals surface area (Å²) in [5.74, 6) is -0.676. The van der Waals surface area contributed by atoms with Crippen LogP contribution in [-0.2, 0) is 0 Å². The van der Waals surface area contributed by atoms with Gasteiger partial charge in [0, 0.05) is 0 Å². The Morgan fingerprint density at radius 2 is 2.00 bits per heavy atom. The predicted molar refractivity (Wildman–Crippen MR) is 32.8 cm³/mol. The van der Waals surface area contributed by atoms with Crippen LogP contribution in [-0.4, -0.2) is 11.1 Å². The molecule has 0 unspecified atom stereocenters. The van der Waals surface area contributed by atoms with E-state index in [0.717, 1.165) is 0 Å². The average molecular weight is 138 g/mol. The van der Waals surface area contributed by atoms with E-state index in [2.05, 4.69) is 4.99 Å². The second kappa shape index (κ2) is 1.89. The standard InChI is InChI=1S/C5H2N2O3/c6-1-7-2-3(8)5(10)4(2)9/h6,8H. The third kappa shape index (κ3) is 0.581. The van der Waals surface area contributed by atoms with Crippen LogP contribution in [0.2, 0.25) is 0 Å². The maximum Gasteiger partial charge on any atom is 0.272 e. The number of hydrogen-bond acceptors (Lipinski definition) is 5. The summed E-state index contributed by atoms with van der Waals surface area (Å²) in [5.41, 5.74) is -2.19. The summed E-state index contributed by atoms with van der Waals surface area (Å²) in [6.45, 7) is 0. The van der Waals surface area contributed by atoms with Gasteiger partial charge < -0.3 is 5.11 Å². The van der Waals surface area contributed by atoms with Crippen LogP contribution in [0.1, 0.15) is 0 Å². The van der Waals surface area contributed by atoms with Gasteiger partial charge in [-0.3, -0.25) is 9.59 Å². The molecule has 0 amide bonds. The van der Waals surface area contributed by atoms with E-state index in [1.165, 1.54) is 6.01 Å². The summed E-state index contributed by atoms with van der Waals surface area (Å²) in [6, 6.07) is 1.54. The molecule has 0 aromatic heterocycles. The van der Waals surface area contributed by atoms with E-state index in [4.69, 9.17) is 10.5 Å². The van der Waals surface area contributed by atoms with Crippen molar-refractivity contribution >= 4 is 11.7 Å². The topological polar surface area (TPSA) is 90.6 Å². The van der Waals surface area contributed by atoms with E-state index in [0.29, 0.717) is 0 Å². The zero-order chi connectivity index (χ0) is 7.72. The number of hydrogen-bond donors (Lipinski definition) is 2. The van der Waals surface area contributed by atoms with Crippen molar-refractivity contribution in [2.75, 3.05) is 0 Å². The highest BCUT2D eigenvalue weighted by Crippen LogP contribution is 2.16. The fourth-order valence-electron chi connectivity index (χ4n) is 0.527. The first kappa shape index (κ1) is 6.38. The van der Waals surface area contributed by atoms with Gasteiger partial charge >= 0.3 is 0 Å². The molecule has 1 aromatic rings. The largest absolute Gasteiger partial charge is 0.502 e. The van der Waals surface area contributed by atoms with E-state index in [1.807, 2.05) is 0 Å². The SMILES string of the molecule is N=C=Nc1c(O)c(=O)c1=O. The lowest BCUT2D eigenvalue weighted by Crippen LogP contribution is -2.28. The Bertz CT molecular complexity index is 379. The Morgan fingerprint density at radius 1 is 1.40 bits per heavy atom. The van der Waals surface area contributed by atoms with Crippen LogP contribution in [0.4, 0.5) is 5.69 Å². The lowest BCUT2D eigenvalue weighted by molar-refractivity contribution is 0.465. The monoisotopic (exact) mass is 138 g/mol. The molecule has 0 aliphatic heterocycles. The molecule has 0 fully saturated rings. The number of nitrogens with one attached hydrogen (secondary N) is 1. The van der Waals surface area contributed by atoms with E-state index in [9.17, 15) is 9.59 Å². The molecule has 1 aromatic carbocycles. The van der Waals surface area contributed by atoms with E-state index >= 15 is 0 Å². The minimum atomic E-state index is -0.950. The van der Waals surface area contributed by atoms with Crippen LogP contribution < -0.4 is 10.9 Å². The predicted octanol–water partition coefficient (Wildman–Crippen LogP) is -0.628. The molecule has 1 rings (SSSR count). The summed E-state index contributed by atoms with van der Waals surface area (Å²) in [6.07, 6.45) is 0. The molecular formula is C5H2N2O3. The highest BCUT2D eigenvalue weighted by molar-refractivity contribution is 5.61. The first-order chi connectivity index (χ1) is 4.68. The number of nitrogens with zero attached hydrogens (tertiary/aromatic N) is 1. The van der Waals surface area contributed by atoms with Gasteiger partial charge in [-0.25, -0.2) is 5.41 Å². The Labute approximate surface area is 54.5 Å². The van der Waals surface area contributed by atoms with Gasteiger partial charge in [-0.05, 0) is 0 Å². The molecule has 0 atom stereocenters. The Balaban J connectivity index is 3.36. The number of aromatic hydroxyl groups is 1. The van der Waals surface area contributed by atoms with Crippen molar-refractivity contribution in [2.45, 2.75) is 0 Å². The summed E-state index contributed by atoms with van der Waals surface area (Å²) < 4.78 is 0. The minimum Gasteiger partial charge on any atom is -0.502 e. The molecule has 0 aliphatic carbocycles. The number of aliphatic imine (C=N–C) groups is 1. The molecule has 0 bridgehead atoms. The highest BCUT2D eigenvalue weighted by atomic mass is 16.3. The summed E-state index contributed by atoms with van der Waals surface area (Å²) in [5, 5.41) is 14.9. The quantitative estimate of drug-likeness (QED) is 0.400. The molecule has 0 aliphatic rings. The molecule has 0 saturated heterocycles. The molecular weight excluding hydrogens is 136 g/mol. The normalized spacial score (nSPS) is 9.20. The van der Waals surface area contributed by atoms with E-state index in [1.54, 1.807) is 0 Å². The molecule has 50 valence electrons. The van der Waals surface area contributed by atoms with Gasteiger partial charge in [0.2, 0.25) is 0 Å². The molecule has 0 spiro atoms. The van der Waals surface area contributed by atoms with Crippen LogP contribution in [0.3, 0.4) is 0 Å². The van der Waals surface area contributed by atoms with Crippen molar-refractivity contribution < 1.29 is 5.11 Å². The molecule has 0 saturated carbocycles. The summed E-state index contributed by atoms with van der Waals surface area (Å²) >= 11 is 0. The Hall–Kier alpha value is -1.74. The van der Waals surface area contributed by atoms with Crippen molar-refractivity contribution in [3.05, 3.63) is 20.4 Å². The van der Waals surface area contributed by atoms with Gasteiger partial charge in [-0.2, -0.15) is 4.99 Å². The molecule has 0 radical (unpaired) electrons. The molecule has 5 heteroatoms.